The Balaban J connectivity index is 0.791. The number of aromatic hydroxyl groups is 18. The van der Waals surface area contributed by atoms with E-state index in [0.717, 1.165) is 0 Å². The number of rotatable bonds is 8. The molecular formula is C90H56O18. The lowest BCUT2D eigenvalue weighted by Crippen LogP contribution is -1.94. The molecule has 0 saturated carbocycles. The summed E-state index contributed by atoms with van der Waals surface area (Å²) in [7, 11) is 0. The van der Waals surface area contributed by atoms with Crippen molar-refractivity contribution in [1.82, 2.24) is 0 Å². The van der Waals surface area contributed by atoms with Gasteiger partial charge in [-0.15, -0.1) is 0 Å². The third kappa shape index (κ3) is 9.40. The third-order valence-electron chi connectivity index (χ3n) is 21.1. The lowest BCUT2D eigenvalue weighted by molar-refractivity contribution is 0.468. The van der Waals surface area contributed by atoms with Crippen LogP contribution in [0.25, 0.3) is 186 Å². The van der Waals surface area contributed by atoms with Gasteiger partial charge in [0.15, 0.2) is 0 Å². The smallest absolute Gasteiger partial charge is 0.124 e. The number of phenolic OH excluding ortho intramolecular Hbond substituents is 18. The first-order valence-corrected chi connectivity index (χ1v) is 33.8. The van der Waals surface area contributed by atoms with Crippen LogP contribution in [0.1, 0.15) is 0 Å². The summed E-state index contributed by atoms with van der Waals surface area (Å²) in [5, 5.41) is 219. The zero-order chi connectivity index (χ0) is 74.9. The van der Waals surface area contributed by atoms with Crippen LogP contribution >= 0.6 is 0 Å². The van der Waals surface area contributed by atoms with Gasteiger partial charge >= 0.3 is 0 Å². The molecule has 18 N–H and O–H groups in total. The molecule has 18 heteroatoms. The SMILES string of the molecule is Oc1ccc2c(-c3c(O)ccc4c(-c5c(O)ccc6c(-c7c(O)ccc8c(-c9c(O)ccc%10c(-c%11c(O)ccc%12c(-c%13c(O)ccc%14c(-c%15c(O)ccc%16c(-c%17c(O)ccc%18cc(O)ccc%17%18)c(O)ccc%15%16)c(O)ccc%13%14)c(O)ccc%11%12)c(O)ccc9%10)c(O)ccc78)c(O)ccc56)c(O)ccc34)c(O)ccc2c1. The Hall–Kier alpha value is -15.3. The highest BCUT2D eigenvalue weighted by atomic mass is 16.3. The number of benzene rings is 18. The van der Waals surface area contributed by atoms with Crippen LogP contribution in [0.2, 0.25) is 0 Å². The van der Waals surface area contributed by atoms with Gasteiger partial charge in [-0.25, -0.2) is 0 Å². The lowest BCUT2D eigenvalue weighted by atomic mass is 9.84. The van der Waals surface area contributed by atoms with E-state index in [0.29, 0.717) is 43.1 Å². The zero-order valence-electron chi connectivity index (χ0n) is 56.0. The van der Waals surface area contributed by atoms with E-state index in [1.54, 1.807) is 48.5 Å². The van der Waals surface area contributed by atoms with Crippen LogP contribution in [0, 0.1) is 0 Å². The van der Waals surface area contributed by atoms with Crippen molar-refractivity contribution >= 4 is 97.0 Å². The van der Waals surface area contributed by atoms with Crippen molar-refractivity contribution < 1.29 is 91.9 Å². The molecule has 18 rings (SSSR count). The summed E-state index contributed by atoms with van der Waals surface area (Å²) < 4.78 is 0. The van der Waals surface area contributed by atoms with E-state index in [9.17, 15) is 91.9 Å². The van der Waals surface area contributed by atoms with E-state index in [-0.39, 0.29) is 246 Å². The normalized spacial score (nSPS) is 11.8. The third-order valence-corrected chi connectivity index (χ3v) is 21.1. The van der Waals surface area contributed by atoms with Crippen molar-refractivity contribution in [2.45, 2.75) is 0 Å². The number of hydrogen-bond acceptors (Lipinski definition) is 18. The minimum absolute atomic E-state index is 0.0190. The molecule has 0 bridgehead atoms. The Kier molecular flexibility index (Phi) is 14.2. The molecule has 0 aromatic heterocycles. The summed E-state index contributed by atoms with van der Waals surface area (Å²) in [6, 6.07) is 55.7. The molecule has 0 aliphatic carbocycles. The molecular weight excluding hydrogens is 1370 g/mol. The Bertz CT molecular complexity index is 6680. The minimum atomic E-state index is -0.362. The number of hydrogen-bond donors (Lipinski definition) is 18. The summed E-state index contributed by atoms with van der Waals surface area (Å²) in [4.78, 5) is 0. The molecule has 0 unspecified atom stereocenters. The molecule has 18 aromatic rings. The Morgan fingerprint density at radius 1 is 0.102 bits per heavy atom. The first-order valence-electron chi connectivity index (χ1n) is 33.8. The van der Waals surface area contributed by atoms with Crippen LogP contribution in [-0.2, 0) is 0 Å². The van der Waals surface area contributed by atoms with Crippen LogP contribution in [0.3, 0.4) is 0 Å². The molecule has 524 valence electrons. The predicted molar refractivity (Wildman–Crippen MR) is 417 cm³/mol. The van der Waals surface area contributed by atoms with E-state index in [1.807, 2.05) is 0 Å². The van der Waals surface area contributed by atoms with Crippen LogP contribution < -0.4 is 0 Å². The van der Waals surface area contributed by atoms with Crippen LogP contribution in [0.15, 0.2) is 231 Å². The molecule has 0 aliphatic rings. The second-order valence-electron chi connectivity index (χ2n) is 26.8. The van der Waals surface area contributed by atoms with E-state index in [4.69, 9.17) is 0 Å². The standard InChI is InChI=1S/C90H56O18/c91-41-3-5-43-39(37-41)1-21-59(93)75(43)77-45-7-25-63(97)79(47(45)9-23-61(77)95)81-49-11-29-67(101)83(51(49)13-27-65(81)99)85-53-15-33-71(105)87(55(53)17-31-69(85)103)89-57-19-36-74(108)90(58(57)20-35-73(89)107)88-56-18-32-70(104)86(54(56)16-34-72(88)106)84-52-14-28-66(100)82(50(52)12-30-68(84)102)80-48-10-24-62(96)78(46(48)8-26-64(80)98)76-44-6-4-42(92)38-40(44)2-22-60(76)94/h1-38,91-108H. The molecule has 0 heterocycles. The van der Waals surface area contributed by atoms with Crippen LogP contribution in [-0.4, -0.2) is 91.9 Å². The van der Waals surface area contributed by atoms with E-state index in [2.05, 4.69) is 0 Å². The largest absolute Gasteiger partial charge is 0.508 e. The van der Waals surface area contributed by atoms with Gasteiger partial charge in [0.1, 0.15) is 103 Å². The first kappa shape index (κ1) is 64.8. The van der Waals surface area contributed by atoms with Gasteiger partial charge in [-0.1, -0.05) is 12.1 Å². The van der Waals surface area contributed by atoms with Gasteiger partial charge in [-0.2, -0.15) is 0 Å². The second kappa shape index (κ2) is 23.6. The molecule has 0 radical (unpaired) electrons. The van der Waals surface area contributed by atoms with Crippen LogP contribution in [0.5, 0.6) is 103 Å². The maximum absolute atomic E-state index is 12.3. The molecule has 18 aromatic carbocycles. The van der Waals surface area contributed by atoms with Gasteiger partial charge in [0.25, 0.3) is 0 Å². The van der Waals surface area contributed by atoms with Crippen molar-refractivity contribution in [1.29, 1.82) is 0 Å². The van der Waals surface area contributed by atoms with Crippen molar-refractivity contribution in [3.8, 4) is 193 Å². The van der Waals surface area contributed by atoms with E-state index >= 15 is 0 Å². The summed E-state index contributed by atoms with van der Waals surface area (Å²) in [5.74, 6) is -4.93. The fraction of sp³-hybridized carbons (Fsp3) is 0. The van der Waals surface area contributed by atoms with Gasteiger partial charge in [0.2, 0.25) is 0 Å². The average Bonchev–Trinajstić information content (AvgIpc) is 0.726. The van der Waals surface area contributed by atoms with E-state index in [1.165, 1.54) is 182 Å². The van der Waals surface area contributed by atoms with Crippen molar-refractivity contribution in [2.24, 2.45) is 0 Å². The Labute approximate surface area is 608 Å². The number of phenols is 18. The van der Waals surface area contributed by atoms with Gasteiger partial charge in [-0.3, -0.25) is 0 Å². The summed E-state index contributed by atoms with van der Waals surface area (Å²) in [5.41, 5.74) is 1.41. The summed E-state index contributed by atoms with van der Waals surface area (Å²) in [6.07, 6.45) is 0. The highest BCUT2D eigenvalue weighted by Crippen LogP contribution is 2.59. The first-order chi connectivity index (χ1) is 52.1. The quantitative estimate of drug-likeness (QED) is 0.0672. The highest BCUT2D eigenvalue weighted by Gasteiger charge is 2.31. The van der Waals surface area contributed by atoms with Gasteiger partial charge in [-0.05, 0) is 315 Å². The molecule has 0 saturated heterocycles. The van der Waals surface area contributed by atoms with Crippen LogP contribution in [0.4, 0.5) is 0 Å². The summed E-state index contributed by atoms with van der Waals surface area (Å²) >= 11 is 0. The molecule has 0 aliphatic heterocycles. The van der Waals surface area contributed by atoms with Gasteiger partial charge in [0.05, 0.1) is 0 Å². The fourth-order valence-electron chi connectivity index (χ4n) is 16.5. The predicted octanol–water partition coefficient (Wildman–Crippen LogP) is 20.1. The van der Waals surface area contributed by atoms with Gasteiger partial charge < -0.3 is 91.9 Å². The Morgan fingerprint density at radius 3 is 0.333 bits per heavy atom. The fourth-order valence-corrected chi connectivity index (χ4v) is 16.5. The molecule has 108 heavy (non-hydrogen) atoms. The van der Waals surface area contributed by atoms with E-state index < -0.39 is 0 Å². The zero-order valence-corrected chi connectivity index (χ0v) is 56.0. The second-order valence-corrected chi connectivity index (χ2v) is 26.8. The maximum atomic E-state index is 12.3. The maximum Gasteiger partial charge on any atom is 0.124 e. The molecule has 0 atom stereocenters. The van der Waals surface area contributed by atoms with Crippen molar-refractivity contribution in [3.05, 3.63) is 231 Å². The molecule has 0 spiro atoms. The lowest BCUT2D eigenvalue weighted by Gasteiger charge is -2.21. The molecule has 0 fully saturated rings. The molecule has 18 nitrogen and oxygen atoms in total. The topological polar surface area (TPSA) is 364 Å². The highest BCUT2D eigenvalue weighted by molar-refractivity contribution is 6.25. The average molecular weight is 1430 g/mol. The molecule has 0 amide bonds. The van der Waals surface area contributed by atoms with Crippen molar-refractivity contribution in [2.75, 3.05) is 0 Å². The monoisotopic (exact) mass is 1420 g/mol. The minimum Gasteiger partial charge on any atom is -0.508 e. The number of fused-ring (bicyclic) bond motifs is 9. The Morgan fingerprint density at radius 2 is 0.204 bits per heavy atom. The van der Waals surface area contributed by atoms with Gasteiger partial charge in [0, 0.05) is 89.0 Å². The van der Waals surface area contributed by atoms with Crippen molar-refractivity contribution in [3.63, 3.8) is 0 Å². The summed E-state index contributed by atoms with van der Waals surface area (Å²) in [6.45, 7) is 0.